The highest BCUT2D eigenvalue weighted by atomic mass is 16.2. The normalized spacial score (nSPS) is 14.7. The summed E-state index contributed by atoms with van der Waals surface area (Å²) in [7, 11) is 0. The largest absolute Gasteiger partial charge is 0.352 e. The van der Waals surface area contributed by atoms with Gasteiger partial charge in [-0.05, 0) is 19.8 Å². The third kappa shape index (κ3) is 5.42. The second-order valence-corrected chi connectivity index (χ2v) is 3.33. The van der Waals surface area contributed by atoms with Gasteiger partial charge in [0.15, 0.2) is 0 Å². The summed E-state index contributed by atoms with van der Waals surface area (Å²) < 4.78 is 0. The average molecular weight is 184 g/mol. The number of carbonyl (C=O) groups is 1. The maximum Gasteiger partial charge on any atom is 0.237 e. The second-order valence-electron chi connectivity index (χ2n) is 3.33. The van der Waals surface area contributed by atoms with Crippen LogP contribution in [0, 0.1) is 0 Å². The van der Waals surface area contributed by atoms with Crippen LogP contribution in [0.15, 0.2) is 12.7 Å². The van der Waals surface area contributed by atoms with Crippen LogP contribution in [0.2, 0.25) is 0 Å². The molecule has 3 N–H and O–H groups in total. The lowest BCUT2D eigenvalue weighted by Crippen LogP contribution is -2.44. The lowest BCUT2D eigenvalue weighted by Gasteiger charge is -2.15. The van der Waals surface area contributed by atoms with Gasteiger partial charge in [0, 0.05) is 6.04 Å². The monoisotopic (exact) mass is 184 g/mol. The van der Waals surface area contributed by atoms with Crippen molar-refractivity contribution >= 4 is 5.91 Å². The molecule has 0 aromatic rings. The number of hydrogen-bond donors (Lipinski definition) is 2. The summed E-state index contributed by atoms with van der Waals surface area (Å²) in [5.74, 6) is -0.0591. The van der Waals surface area contributed by atoms with Crippen LogP contribution in [0.25, 0.3) is 0 Å². The van der Waals surface area contributed by atoms with E-state index in [1.54, 1.807) is 6.08 Å². The molecule has 3 nitrogen and oxygen atoms in total. The Hall–Kier alpha value is -0.830. The van der Waals surface area contributed by atoms with E-state index in [1.807, 2.05) is 13.8 Å². The lowest BCUT2D eigenvalue weighted by atomic mass is 10.1. The molecule has 0 radical (unpaired) electrons. The van der Waals surface area contributed by atoms with Crippen molar-refractivity contribution in [3.05, 3.63) is 12.7 Å². The maximum atomic E-state index is 11.3. The highest BCUT2D eigenvalue weighted by Gasteiger charge is 2.13. The Kier molecular flexibility index (Phi) is 6.24. The Balaban J connectivity index is 3.77. The molecular weight excluding hydrogens is 164 g/mol. The van der Waals surface area contributed by atoms with E-state index >= 15 is 0 Å². The summed E-state index contributed by atoms with van der Waals surface area (Å²) in [6.07, 6.45) is 4.25. The molecule has 0 saturated carbocycles. The molecule has 0 bridgehead atoms. The molecular formula is C10H20N2O. The zero-order valence-electron chi connectivity index (χ0n) is 8.55. The van der Waals surface area contributed by atoms with Crippen molar-refractivity contribution in [3.63, 3.8) is 0 Å². The minimum atomic E-state index is -0.364. The van der Waals surface area contributed by atoms with Gasteiger partial charge in [0.1, 0.15) is 0 Å². The van der Waals surface area contributed by atoms with E-state index in [2.05, 4.69) is 11.9 Å². The fourth-order valence-corrected chi connectivity index (χ4v) is 1.10. The minimum Gasteiger partial charge on any atom is -0.352 e. The summed E-state index contributed by atoms with van der Waals surface area (Å²) in [4.78, 5) is 11.3. The molecule has 1 unspecified atom stereocenters. The fraction of sp³-hybridized carbons (Fsp3) is 0.700. The fourth-order valence-electron chi connectivity index (χ4n) is 1.10. The van der Waals surface area contributed by atoms with Gasteiger partial charge in [-0.15, -0.1) is 6.58 Å². The summed E-state index contributed by atoms with van der Waals surface area (Å²) in [6.45, 7) is 7.56. The van der Waals surface area contributed by atoms with E-state index in [0.717, 1.165) is 19.3 Å². The first kappa shape index (κ1) is 12.2. The Labute approximate surface area is 80.4 Å². The first-order valence-electron chi connectivity index (χ1n) is 4.78. The molecule has 76 valence electrons. The first-order valence-corrected chi connectivity index (χ1v) is 4.78. The highest BCUT2D eigenvalue weighted by molar-refractivity contribution is 5.81. The molecule has 0 saturated heterocycles. The first-order chi connectivity index (χ1) is 6.11. The number of rotatable bonds is 6. The van der Waals surface area contributed by atoms with Gasteiger partial charge >= 0.3 is 0 Å². The summed E-state index contributed by atoms with van der Waals surface area (Å²) in [6, 6.07) is -0.231. The molecule has 0 fully saturated rings. The molecule has 0 aliphatic carbocycles. The van der Waals surface area contributed by atoms with Crippen molar-refractivity contribution in [1.82, 2.24) is 5.32 Å². The zero-order chi connectivity index (χ0) is 10.3. The summed E-state index contributed by atoms with van der Waals surface area (Å²) >= 11 is 0. The Morgan fingerprint density at radius 1 is 1.69 bits per heavy atom. The predicted octanol–water partition coefficient (Wildman–Crippen LogP) is 1.19. The van der Waals surface area contributed by atoms with Crippen LogP contribution in [-0.2, 0) is 4.79 Å². The summed E-state index contributed by atoms with van der Waals surface area (Å²) in [5, 5.41) is 2.83. The van der Waals surface area contributed by atoms with Crippen molar-refractivity contribution < 1.29 is 4.79 Å². The van der Waals surface area contributed by atoms with Crippen molar-refractivity contribution in [2.75, 3.05) is 0 Å². The molecule has 2 atom stereocenters. The molecule has 0 rings (SSSR count). The Morgan fingerprint density at radius 2 is 2.31 bits per heavy atom. The smallest absolute Gasteiger partial charge is 0.237 e. The number of nitrogens with one attached hydrogen (secondary N) is 1. The van der Waals surface area contributed by atoms with E-state index < -0.39 is 0 Å². The number of carbonyl (C=O) groups excluding carboxylic acids is 1. The molecule has 0 aliphatic heterocycles. The summed E-state index contributed by atoms with van der Waals surface area (Å²) in [5.41, 5.74) is 5.63. The molecule has 13 heavy (non-hydrogen) atoms. The average Bonchev–Trinajstić information content (AvgIpc) is 2.05. The van der Waals surface area contributed by atoms with Crippen LogP contribution in [0.4, 0.5) is 0 Å². The zero-order valence-corrected chi connectivity index (χ0v) is 8.55. The van der Waals surface area contributed by atoms with Gasteiger partial charge in [-0.1, -0.05) is 19.4 Å². The van der Waals surface area contributed by atoms with Crippen molar-refractivity contribution in [2.45, 2.75) is 45.2 Å². The van der Waals surface area contributed by atoms with Crippen molar-refractivity contribution in [1.29, 1.82) is 0 Å². The van der Waals surface area contributed by atoms with Gasteiger partial charge in [0.05, 0.1) is 6.04 Å². The lowest BCUT2D eigenvalue weighted by molar-refractivity contribution is -0.123. The van der Waals surface area contributed by atoms with Gasteiger partial charge in [-0.25, -0.2) is 0 Å². The third-order valence-electron chi connectivity index (χ3n) is 1.85. The Bertz CT molecular complexity index is 168. The predicted molar refractivity (Wildman–Crippen MR) is 55.3 cm³/mol. The van der Waals surface area contributed by atoms with Crippen LogP contribution in [0.1, 0.15) is 33.1 Å². The van der Waals surface area contributed by atoms with Gasteiger partial charge < -0.3 is 11.1 Å². The van der Waals surface area contributed by atoms with E-state index in [4.69, 9.17) is 5.73 Å². The number of hydrogen-bond acceptors (Lipinski definition) is 2. The highest BCUT2D eigenvalue weighted by Crippen LogP contribution is 1.96. The second kappa shape index (κ2) is 6.66. The molecule has 0 aromatic heterocycles. The molecule has 3 heteroatoms. The quantitative estimate of drug-likeness (QED) is 0.609. The van der Waals surface area contributed by atoms with Gasteiger partial charge in [-0.3, -0.25) is 4.79 Å². The molecule has 0 heterocycles. The molecule has 0 aliphatic rings. The van der Waals surface area contributed by atoms with Gasteiger partial charge in [0.25, 0.3) is 0 Å². The number of nitrogens with two attached hydrogens (primary N) is 1. The Morgan fingerprint density at radius 3 is 2.77 bits per heavy atom. The molecule has 1 amide bonds. The van der Waals surface area contributed by atoms with Gasteiger partial charge in [-0.2, -0.15) is 0 Å². The maximum absolute atomic E-state index is 11.3. The van der Waals surface area contributed by atoms with E-state index in [-0.39, 0.29) is 18.0 Å². The molecule has 0 spiro atoms. The van der Waals surface area contributed by atoms with Crippen LogP contribution in [0.5, 0.6) is 0 Å². The van der Waals surface area contributed by atoms with Crippen LogP contribution < -0.4 is 11.1 Å². The van der Waals surface area contributed by atoms with Crippen molar-refractivity contribution in [3.8, 4) is 0 Å². The molecule has 0 aromatic carbocycles. The van der Waals surface area contributed by atoms with Crippen LogP contribution in [0.3, 0.4) is 0 Å². The van der Waals surface area contributed by atoms with Crippen LogP contribution in [-0.4, -0.2) is 18.0 Å². The van der Waals surface area contributed by atoms with Gasteiger partial charge in [0.2, 0.25) is 5.91 Å². The van der Waals surface area contributed by atoms with Crippen molar-refractivity contribution in [2.24, 2.45) is 5.73 Å². The van der Waals surface area contributed by atoms with Crippen LogP contribution >= 0.6 is 0 Å². The topological polar surface area (TPSA) is 55.1 Å². The van der Waals surface area contributed by atoms with E-state index in [9.17, 15) is 4.79 Å². The SMILES string of the molecule is C=CCC(C)NC(=O)[C@@H](N)CCC. The number of amides is 1. The third-order valence-corrected chi connectivity index (χ3v) is 1.85. The van der Waals surface area contributed by atoms with E-state index in [0.29, 0.717) is 0 Å². The standard InChI is InChI=1S/C10H20N2O/c1-4-6-8(3)12-10(13)9(11)7-5-2/h4,8-9H,1,5-7,11H2,2-3H3,(H,12,13)/t8?,9-/m0/s1. The van der Waals surface area contributed by atoms with E-state index in [1.165, 1.54) is 0 Å². The minimum absolute atomic E-state index is 0.0591.